The van der Waals surface area contributed by atoms with Gasteiger partial charge in [0.05, 0.1) is 7.11 Å². The van der Waals surface area contributed by atoms with E-state index >= 15 is 0 Å². The summed E-state index contributed by atoms with van der Waals surface area (Å²) in [5.74, 6) is 1.63. The van der Waals surface area contributed by atoms with Crippen LogP contribution in [0.15, 0.2) is 24.3 Å². The molecule has 0 spiro atoms. The molecule has 7 nitrogen and oxygen atoms in total. The Kier molecular flexibility index (Phi) is 4.79. The Labute approximate surface area is 162 Å². The molecular formula is C19H25N4O3S+. The molecule has 3 aromatic rings. The zero-order valence-electron chi connectivity index (χ0n) is 16.0. The fourth-order valence-corrected chi connectivity index (χ4v) is 5.17. The standard InChI is InChI=1S/C19H24N4O3S/c1-11-9-22(10-12(2)26-11)16(14-6-5-7-15(8-14)25-4)17-18(24)23-19(27-17)20-13(3)21-23/h5-8,11-12,16,24H,9-10H2,1-4H3/p+1/t11-,12+,16-/m1/s1. The Morgan fingerprint density at radius 2 is 2.07 bits per heavy atom. The number of thiazole rings is 1. The third-order valence-corrected chi connectivity index (χ3v) is 6.05. The van der Waals surface area contributed by atoms with Crippen molar-refractivity contribution in [3.8, 4) is 11.6 Å². The Morgan fingerprint density at radius 3 is 2.74 bits per heavy atom. The van der Waals surface area contributed by atoms with Crippen LogP contribution in [0, 0.1) is 6.92 Å². The first-order valence-corrected chi connectivity index (χ1v) is 9.97. The second-order valence-electron chi connectivity index (χ2n) is 7.18. The summed E-state index contributed by atoms with van der Waals surface area (Å²) in [4.78, 5) is 7.36. The summed E-state index contributed by atoms with van der Waals surface area (Å²) < 4.78 is 12.9. The number of quaternary nitrogens is 1. The van der Waals surface area contributed by atoms with Gasteiger partial charge in [0.1, 0.15) is 41.7 Å². The largest absolute Gasteiger partial charge is 0.497 e. The van der Waals surface area contributed by atoms with Crippen molar-refractivity contribution >= 4 is 16.3 Å². The van der Waals surface area contributed by atoms with Gasteiger partial charge in [0.15, 0.2) is 6.04 Å². The maximum absolute atomic E-state index is 10.9. The van der Waals surface area contributed by atoms with Crippen LogP contribution in [0.4, 0.5) is 0 Å². The predicted octanol–water partition coefficient (Wildman–Crippen LogP) is 1.59. The quantitative estimate of drug-likeness (QED) is 0.709. The maximum atomic E-state index is 10.9. The highest BCUT2D eigenvalue weighted by molar-refractivity contribution is 7.17. The molecule has 2 aromatic heterocycles. The van der Waals surface area contributed by atoms with Crippen LogP contribution in [-0.2, 0) is 4.74 Å². The number of aryl methyl sites for hydroxylation is 1. The van der Waals surface area contributed by atoms with E-state index in [1.54, 1.807) is 7.11 Å². The number of methoxy groups -OCH3 is 1. The monoisotopic (exact) mass is 389 g/mol. The van der Waals surface area contributed by atoms with Gasteiger partial charge in [-0.1, -0.05) is 23.5 Å². The highest BCUT2D eigenvalue weighted by Gasteiger charge is 2.37. The second-order valence-corrected chi connectivity index (χ2v) is 8.19. The van der Waals surface area contributed by atoms with Gasteiger partial charge >= 0.3 is 0 Å². The fraction of sp³-hybridized carbons (Fsp3) is 0.474. The number of ether oxygens (including phenoxy) is 2. The van der Waals surface area contributed by atoms with Crippen LogP contribution in [0.1, 0.15) is 36.2 Å². The van der Waals surface area contributed by atoms with Crippen molar-refractivity contribution in [3.05, 3.63) is 40.5 Å². The van der Waals surface area contributed by atoms with Gasteiger partial charge in [-0.2, -0.15) is 4.52 Å². The average molecular weight is 390 g/mol. The van der Waals surface area contributed by atoms with Crippen molar-refractivity contribution in [2.24, 2.45) is 0 Å². The van der Waals surface area contributed by atoms with Gasteiger partial charge in [-0.25, -0.2) is 4.98 Å². The smallest absolute Gasteiger partial charge is 0.235 e. The summed E-state index contributed by atoms with van der Waals surface area (Å²) >= 11 is 1.49. The van der Waals surface area contributed by atoms with Crippen LogP contribution >= 0.6 is 11.3 Å². The molecule has 0 bridgehead atoms. The van der Waals surface area contributed by atoms with E-state index in [0.29, 0.717) is 10.8 Å². The molecule has 3 heterocycles. The van der Waals surface area contributed by atoms with Crippen molar-refractivity contribution < 1.29 is 19.5 Å². The zero-order chi connectivity index (χ0) is 19.1. The average Bonchev–Trinajstić information content (AvgIpc) is 3.12. The van der Waals surface area contributed by atoms with Gasteiger partial charge in [-0.15, -0.1) is 5.10 Å². The Bertz CT molecular complexity index is 944. The predicted molar refractivity (Wildman–Crippen MR) is 103 cm³/mol. The number of benzene rings is 1. The minimum Gasteiger partial charge on any atom is -0.497 e. The summed E-state index contributed by atoms with van der Waals surface area (Å²) in [6, 6.07) is 8.02. The third-order valence-electron chi connectivity index (χ3n) is 4.97. The van der Waals surface area contributed by atoms with Crippen molar-refractivity contribution in [1.82, 2.24) is 14.6 Å². The molecule has 1 aromatic carbocycles. The molecule has 2 N–H and O–H groups in total. The molecular weight excluding hydrogens is 364 g/mol. The molecule has 4 rings (SSSR count). The summed E-state index contributed by atoms with van der Waals surface area (Å²) in [6.45, 7) is 7.75. The van der Waals surface area contributed by atoms with Crippen molar-refractivity contribution in [3.63, 3.8) is 0 Å². The second kappa shape index (κ2) is 7.10. The lowest BCUT2D eigenvalue weighted by Gasteiger charge is -2.37. The molecule has 27 heavy (non-hydrogen) atoms. The van der Waals surface area contributed by atoms with Gasteiger partial charge < -0.3 is 19.5 Å². The minimum atomic E-state index is -0.0392. The molecule has 8 heteroatoms. The van der Waals surface area contributed by atoms with Crippen LogP contribution in [0.25, 0.3) is 4.96 Å². The van der Waals surface area contributed by atoms with Crippen LogP contribution in [0.3, 0.4) is 0 Å². The number of nitrogens with zero attached hydrogens (tertiary/aromatic N) is 3. The minimum absolute atomic E-state index is 0.0392. The van der Waals surface area contributed by atoms with Gasteiger partial charge in [-0.3, -0.25) is 0 Å². The molecule has 144 valence electrons. The fourth-order valence-electron chi connectivity index (χ4n) is 3.98. The molecule has 0 amide bonds. The molecule has 1 aliphatic rings. The number of aromatic hydroxyl groups is 1. The van der Waals surface area contributed by atoms with E-state index < -0.39 is 0 Å². The summed E-state index contributed by atoms with van der Waals surface area (Å²) in [5, 5.41) is 15.2. The van der Waals surface area contributed by atoms with Gasteiger partial charge in [0.25, 0.3) is 0 Å². The number of hydrogen-bond acceptors (Lipinski definition) is 6. The first-order valence-electron chi connectivity index (χ1n) is 9.15. The van der Waals surface area contributed by atoms with Crippen LogP contribution < -0.4 is 9.64 Å². The highest BCUT2D eigenvalue weighted by atomic mass is 32.1. The number of hydrogen-bond donors (Lipinski definition) is 2. The Hall–Kier alpha value is -2.16. The molecule has 1 aliphatic heterocycles. The number of fused-ring (bicyclic) bond motifs is 1. The molecule has 0 radical (unpaired) electrons. The van der Waals surface area contributed by atoms with Crippen molar-refractivity contribution in [2.45, 2.75) is 39.0 Å². The number of aromatic nitrogens is 3. The first-order chi connectivity index (χ1) is 13.0. The number of morpholine rings is 1. The van der Waals surface area contributed by atoms with E-state index in [1.807, 2.05) is 25.1 Å². The van der Waals surface area contributed by atoms with E-state index in [1.165, 1.54) is 20.8 Å². The van der Waals surface area contributed by atoms with Gasteiger partial charge in [0.2, 0.25) is 10.8 Å². The van der Waals surface area contributed by atoms with Gasteiger partial charge in [0, 0.05) is 5.56 Å². The molecule has 1 unspecified atom stereocenters. The van der Waals surface area contributed by atoms with Crippen LogP contribution in [0.2, 0.25) is 0 Å². The molecule has 0 saturated carbocycles. The topological polar surface area (TPSA) is 73.3 Å². The lowest BCUT2D eigenvalue weighted by Crippen LogP contribution is -3.15. The summed E-state index contributed by atoms with van der Waals surface area (Å²) in [6.07, 6.45) is 0.312. The first kappa shape index (κ1) is 18.2. The van der Waals surface area contributed by atoms with Crippen molar-refractivity contribution in [2.75, 3.05) is 20.2 Å². The van der Waals surface area contributed by atoms with E-state index in [9.17, 15) is 5.11 Å². The molecule has 1 saturated heterocycles. The van der Waals surface area contributed by atoms with Crippen LogP contribution in [0.5, 0.6) is 11.6 Å². The van der Waals surface area contributed by atoms with Crippen LogP contribution in [-0.4, -0.2) is 52.1 Å². The number of rotatable bonds is 4. The molecule has 1 fully saturated rings. The lowest BCUT2D eigenvalue weighted by molar-refractivity contribution is -0.939. The highest BCUT2D eigenvalue weighted by Crippen LogP contribution is 2.36. The molecule has 0 aliphatic carbocycles. The third kappa shape index (κ3) is 3.40. The lowest BCUT2D eigenvalue weighted by atomic mass is 10.0. The van der Waals surface area contributed by atoms with E-state index in [2.05, 4.69) is 30.0 Å². The summed E-state index contributed by atoms with van der Waals surface area (Å²) in [7, 11) is 1.67. The molecule has 4 atom stereocenters. The van der Waals surface area contributed by atoms with E-state index in [0.717, 1.165) is 29.3 Å². The van der Waals surface area contributed by atoms with Crippen molar-refractivity contribution in [1.29, 1.82) is 0 Å². The maximum Gasteiger partial charge on any atom is 0.235 e. The Morgan fingerprint density at radius 1 is 1.33 bits per heavy atom. The SMILES string of the molecule is COc1cccc([C@H](c2sc3nc(C)nn3c2O)[NH+]2C[C@@H](C)O[C@@H](C)C2)c1. The van der Waals surface area contributed by atoms with E-state index in [4.69, 9.17) is 9.47 Å². The number of nitrogens with one attached hydrogen (secondary N) is 1. The van der Waals surface area contributed by atoms with E-state index in [-0.39, 0.29) is 24.1 Å². The summed E-state index contributed by atoms with van der Waals surface area (Å²) in [5.41, 5.74) is 1.10. The normalized spacial score (nSPS) is 24.2. The zero-order valence-corrected chi connectivity index (χ0v) is 16.8. The Balaban J connectivity index is 1.83. The van der Waals surface area contributed by atoms with Gasteiger partial charge in [-0.05, 0) is 32.9 Å².